The molecule has 2 heterocycles. The fraction of sp³-hybridized carbons (Fsp3) is 0.146. The maximum absolute atomic E-state index is 13.7. The summed E-state index contributed by atoms with van der Waals surface area (Å²) in [7, 11) is 0. The largest absolute Gasteiger partial charge is 0.509 e. The van der Waals surface area contributed by atoms with E-state index in [-0.39, 0.29) is 29.5 Å². The Hall–Kier alpha value is -5.80. The van der Waals surface area contributed by atoms with Crippen molar-refractivity contribution >= 4 is 29.5 Å². The van der Waals surface area contributed by atoms with Crippen molar-refractivity contribution in [3.8, 4) is 5.75 Å². The van der Waals surface area contributed by atoms with Crippen molar-refractivity contribution in [1.29, 1.82) is 0 Å². The average molecular weight is 683 g/mol. The maximum Gasteiger partial charge on any atom is 0.359 e. The van der Waals surface area contributed by atoms with Crippen LogP contribution in [0.4, 0.5) is 0 Å². The van der Waals surface area contributed by atoms with Crippen LogP contribution in [0.15, 0.2) is 157 Å². The topological polar surface area (TPSA) is 105 Å². The Morgan fingerprint density at radius 1 is 0.720 bits per heavy atom. The molecule has 1 saturated heterocycles. The molecule has 0 bridgehead atoms. The van der Waals surface area contributed by atoms with E-state index in [0.29, 0.717) is 11.3 Å². The van der Waals surface area contributed by atoms with Gasteiger partial charge in [-0.25, -0.2) is 4.79 Å². The van der Waals surface area contributed by atoms with Crippen molar-refractivity contribution in [1.82, 2.24) is 10.2 Å². The lowest BCUT2D eigenvalue weighted by molar-refractivity contribution is -0.155. The van der Waals surface area contributed by atoms with Gasteiger partial charge >= 0.3 is 5.97 Å². The first kappa shape index (κ1) is 32.7. The van der Waals surface area contributed by atoms with Crippen LogP contribution >= 0.6 is 11.8 Å². The molecule has 2 aliphatic rings. The third-order valence-electron chi connectivity index (χ3n) is 8.66. The van der Waals surface area contributed by atoms with Gasteiger partial charge in [-0.05, 0) is 28.3 Å². The standard InChI is InChI=1S/C41H34N2O6S/c44-32-26-50-40-35(39(46)43(40)36(32)41(47)49-38(29-19-9-3-10-20-29)30-21-11-4-12-22-30)42-34(45)25-31-23-13-14-24-33(31)48-37(27-15-5-1-6-16-27)28-17-7-2-8-18-28/h1-24,35,37-38,40,44H,25-26H2,(H,42,45)/t35?,40-/m1/s1. The van der Waals surface area contributed by atoms with Gasteiger partial charge in [0.1, 0.15) is 29.0 Å². The van der Waals surface area contributed by atoms with Gasteiger partial charge in [0.05, 0.1) is 12.2 Å². The second kappa shape index (κ2) is 14.8. The molecule has 250 valence electrons. The molecule has 0 saturated carbocycles. The number of thioether (sulfide) groups is 1. The van der Waals surface area contributed by atoms with E-state index in [4.69, 9.17) is 9.47 Å². The van der Waals surface area contributed by atoms with Gasteiger partial charge in [0.15, 0.2) is 11.8 Å². The van der Waals surface area contributed by atoms with Gasteiger partial charge in [-0.3, -0.25) is 14.5 Å². The van der Waals surface area contributed by atoms with E-state index in [1.807, 2.05) is 146 Å². The number of benzene rings is 5. The highest BCUT2D eigenvalue weighted by Crippen LogP contribution is 2.41. The third-order valence-corrected chi connectivity index (χ3v) is 9.93. The lowest BCUT2D eigenvalue weighted by atomic mass is 10.0. The normalized spacial score (nSPS) is 16.8. The summed E-state index contributed by atoms with van der Waals surface area (Å²) >= 11 is 1.27. The highest BCUT2D eigenvalue weighted by Gasteiger charge is 2.55. The lowest BCUT2D eigenvalue weighted by Gasteiger charge is -2.48. The molecular weight excluding hydrogens is 649 g/mol. The quantitative estimate of drug-likeness (QED) is 0.115. The number of amides is 2. The van der Waals surface area contributed by atoms with Crippen LogP contribution in [0.25, 0.3) is 0 Å². The second-order valence-corrected chi connectivity index (χ2v) is 13.1. The molecule has 8 nitrogen and oxygen atoms in total. The van der Waals surface area contributed by atoms with Crippen LogP contribution < -0.4 is 10.1 Å². The van der Waals surface area contributed by atoms with E-state index in [0.717, 1.165) is 22.3 Å². The Morgan fingerprint density at radius 2 is 1.20 bits per heavy atom. The van der Waals surface area contributed by atoms with E-state index in [1.54, 1.807) is 0 Å². The molecule has 5 aromatic rings. The van der Waals surface area contributed by atoms with Gasteiger partial charge in [0, 0.05) is 5.56 Å². The second-order valence-electron chi connectivity index (χ2n) is 12.0. The minimum absolute atomic E-state index is 0.0283. The van der Waals surface area contributed by atoms with E-state index < -0.39 is 35.5 Å². The number of rotatable bonds is 11. The number of carbonyl (C=O) groups excluding carboxylic acids is 3. The van der Waals surface area contributed by atoms with Crippen LogP contribution in [0.5, 0.6) is 5.75 Å². The molecule has 7 rings (SSSR count). The zero-order valence-electron chi connectivity index (χ0n) is 26.9. The number of aliphatic hydroxyl groups is 1. The van der Waals surface area contributed by atoms with Gasteiger partial charge < -0.3 is 19.9 Å². The molecule has 2 aliphatic heterocycles. The number of hydrogen-bond acceptors (Lipinski definition) is 7. The molecule has 2 amide bonds. The van der Waals surface area contributed by atoms with Crippen molar-refractivity contribution < 1.29 is 29.0 Å². The summed E-state index contributed by atoms with van der Waals surface area (Å²) in [6.45, 7) is 0. The number of carbonyl (C=O) groups is 3. The third kappa shape index (κ3) is 6.86. The van der Waals surface area contributed by atoms with E-state index in [1.165, 1.54) is 16.7 Å². The van der Waals surface area contributed by atoms with Gasteiger partial charge in [-0.15, -0.1) is 11.8 Å². The highest BCUT2D eigenvalue weighted by molar-refractivity contribution is 8.00. The minimum Gasteiger partial charge on any atom is -0.509 e. The van der Waals surface area contributed by atoms with Gasteiger partial charge in [0.2, 0.25) is 5.91 Å². The highest BCUT2D eigenvalue weighted by atomic mass is 32.2. The number of nitrogens with zero attached hydrogens (tertiary/aromatic N) is 1. The first-order valence-corrected chi connectivity index (χ1v) is 17.3. The predicted molar refractivity (Wildman–Crippen MR) is 191 cm³/mol. The van der Waals surface area contributed by atoms with E-state index in [9.17, 15) is 19.5 Å². The molecule has 0 radical (unpaired) electrons. The molecule has 5 aromatic carbocycles. The summed E-state index contributed by atoms with van der Waals surface area (Å²) < 4.78 is 12.6. The van der Waals surface area contributed by atoms with Crippen LogP contribution in [-0.4, -0.2) is 45.0 Å². The molecule has 2 N–H and O–H groups in total. The first-order chi connectivity index (χ1) is 24.5. The van der Waals surface area contributed by atoms with Crippen LogP contribution in [0.2, 0.25) is 0 Å². The molecule has 9 heteroatoms. The number of aliphatic hydroxyl groups excluding tert-OH is 1. The average Bonchev–Trinajstić information content (AvgIpc) is 3.16. The summed E-state index contributed by atoms with van der Waals surface area (Å²) in [5.74, 6) is -1.29. The Balaban J connectivity index is 1.05. The van der Waals surface area contributed by atoms with Crippen LogP contribution in [0.3, 0.4) is 0 Å². The van der Waals surface area contributed by atoms with Crippen LogP contribution in [0, 0.1) is 0 Å². The molecule has 50 heavy (non-hydrogen) atoms. The van der Waals surface area contributed by atoms with Crippen molar-refractivity contribution in [2.45, 2.75) is 30.0 Å². The number of para-hydroxylation sites is 1. The Bertz CT molecular complexity index is 1930. The van der Waals surface area contributed by atoms with Crippen molar-refractivity contribution in [2.75, 3.05) is 5.75 Å². The maximum atomic E-state index is 13.7. The molecule has 0 aliphatic carbocycles. The number of nitrogens with one attached hydrogen (secondary N) is 1. The van der Waals surface area contributed by atoms with Gasteiger partial charge in [-0.1, -0.05) is 140 Å². The fourth-order valence-electron chi connectivity index (χ4n) is 6.21. The summed E-state index contributed by atoms with van der Waals surface area (Å²) in [5.41, 5.74) is 3.90. The SMILES string of the molecule is O=C(Cc1ccccc1OC(c1ccccc1)c1ccccc1)NC1C(=O)N2C(C(=O)OC(c3ccccc3)c3ccccc3)=C(O)CS[C@H]12. The summed E-state index contributed by atoms with van der Waals surface area (Å²) in [6.07, 6.45) is -1.18. The number of hydrogen-bond donors (Lipinski definition) is 2. The zero-order valence-corrected chi connectivity index (χ0v) is 27.7. The summed E-state index contributed by atoms with van der Waals surface area (Å²) in [5, 5.41) is 13.1. The number of β-lactam (4-membered cyclic amide) rings is 1. The Morgan fingerprint density at radius 3 is 1.74 bits per heavy atom. The molecule has 1 unspecified atom stereocenters. The monoisotopic (exact) mass is 682 g/mol. The van der Waals surface area contributed by atoms with Crippen molar-refractivity contribution in [2.24, 2.45) is 0 Å². The lowest BCUT2D eigenvalue weighted by Crippen LogP contribution is -2.70. The predicted octanol–water partition coefficient (Wildman–Crippen LogP) is 6.90. The molecule has 1 fully saturated rings. The van der Waals surface area contributed by atoms with Gasteiger partial charge in [-0.2, -0.15) is 0 Å². The smallest absolute Gasteiger partial charge is 0.359 e. The number of ether oxygens (including phenoxy) is 2. The summed E-state index contributed by atoms with van der Waals surface area (Å²) in [6, 6.07) is 44.8. The minimum atomic E-state index is -0.878. The van der Waals surface area contributed by atoms with Gasteiger partial charge in [0.25, 0.3) is 5.91 Å². The molecular formula is C41H34N2O6S. The van der Waals surface area contributed by atoms with Crippen molar-refractivity contribution in [3.05, 3.63) is 185 Å². The molecule has 0 aromatic heterocycles. The first-order valence-electron chi connectivity index (χ1n) is 16.3. The Labute approximate surface area is 294 Å². The van der Waals surface area contributed by atoms with E-state index >= 15 is 0 Å². The summed E-state index contributed by atoms with van der Waals surface area (Å²) in [4.78, 5) is 41.9. The van der Waals surface area contributed by atoms with Crippen LogP contribution in [0.1, 0.15) is 40.0 Å². The van der Waals surface area contributed by atoms with E-state index in [2.05, 4.69) is 5.32 Å². The molecule has 2 atom stereocenters. The number of fused-ring (bicyclic) bond motifs is 1. The Kier molecular flexibility index (Phi) is 9.66. The number of esters is 1. The zero-order chi connectivity index (χ0) is 34.5. The van der Waals surface area contributed by atoms with Crippen LogP contribution in [-0.2, 0) is 25.5 Å². The fourth-order valence-corrected chi connectivity index (χ4v) is 7.41. The molecule has 0 spiro atoms. The van der Waals surface area contributed by atoms with Crippen molar-refractivity contribution in [3.63, 3.8) is 0 Å².